The van der Waals surface area contributed by atoms with Crippen molar-refractivity contribution < 1.29 is 9.47 Å². The van der Waals surface area contributed by atoms with Crippen molar-refractivity contribution in [1.29, 1.82) is 0 Å². The van der Waals surface area contributed by atoms with E-state index in [0.717, 1.165) is 22.1 Å². The van der Waals surface area contributed by atoms with E-state index in [1.807, 2.05) is 36.4 Å². The summed E-state index contributed by atoms with van der Waals surface area (Å²) in [5.74, 6) is 1.26. The lowest BCUT2D eigenvalue weighted by molar-refractivity contribution is 0.379. The molecule has 106 valence electrons. The fraction of sp³-hybridized carbons (Fsp3) is 0.133. The van der Waals surface area contributed by atoms with Crippen molar-refractivity contribution in [3.8, 4) is 23.1 Å². The molecule has 0 amide bonds. The van der Waals surface area contributed by atoms with Crippen LogP contribution in [0.15, 0.2) is 36.4 Å². The molecule has 5 nitrogen and oxygen atoms in total. The Morgan fingerprint density at radius 2 is 1.62 bits per heavy atom. The SMILES string of the molecule is COc1nc(Cl)nc(-c2ccc(OC)c3ccccc23)n1. The largest absolute Gasteiger partial charge is 0.496 e. The average molecular weight is 302 g/mol. The molecule has 3 aromatic rings. The second-order valence-electron chi connectivity index (χ2n) is 4.28. The zero-order chi connectivity index (χ0) is 14.8. The van der Waals surface area contributed by atoms with Crippen molar-refractivity contribution in [3.63, 3.8) is 0 Å². The predicted molar refractivity (Wildman–Crippen MR) is 80.9 cm³/mol. The molecular weight excluding hydrogens is 290 g/mol. The quantitative estimate of drug-likeness (QED) is 0.742. The topological polar surface area (TPSA) is 57.1 Å². The molecule has 0 saturated carbocycles. The Labute approximate surface area is 126 Å². The number of hydrogen-bond donors (Lipinski definition) is 0. The lowest BCUT2D eigenvalue weighted by Crippen LogP contribution is -1.98. The smallest absolute Gasteiger partial charge is 0.321 e. The van der Waals surface area contributed by atoms with E-state index in [2.05, 4.69) is 15.0 Å². The van der Waals surface area contributed by atoms with Gasteiger partial charge in [0.05, 0.1) is 14.2 Å². The van der Waals surface area contributed by atoms with E-state index in [-0.39, 0.29) is 11.3 Å². The van der Waals surface area contributed by atoms with Crippen LogP contribution in [0.25, 0.3) is 22.2 Å². The van der Waals surface area contributed by atoms with Crippen LogP contribution in [0.3, 0.4) is 0 Å². The van der Waals surface area contributed by atoms with Gasteiger partial charge in [-0.25, -0.2) is 0 Å². The van der Waals surface area contributed by atoms with Crippen LogP contribution in [0, 0.1) is 0 Å². The first kappa shape index (κ1) is 13.6. The first-order valence-corrected chi connectivity index (χ1v) is 6.62. The van der Waals surface area contributed by atoms with E-state index in [1.54, 1.807) is 7.11 Å². The van der Waals surface area contributed by atoms with Crippen LogP contribution in [0.1, 0.15) is 0 Å². The second-order valence-corrected chi connectivity index (χ2v) is 4.61. The summed E-state index contributed by atoms with van der Waals surface area (Å²) in [7, 11) is 3.13. The van der Waals surface area contributed by atoms with Gasteiger partial charge in [0.25, 0.3) is 0 Å². The van der Waals surface area contributed by atoms with E-state index >= 15 is 0 Å². The molecule has 0 N–H and O–H groups in total. The van der Waals surface area contributed by atoms with E-state index < -0.39 is 0 Å². The van der Waals surface area contributed by atoms with Gasteiger partial charge in [-0.05, 0) is 29.1 Å². The highest BCUT2D eigenvalue weighted by molar-refractivity contribution is 6.28. The standard InChI is InChI=1S/C15H12ClN3O2/c1-20-12-8-7-11(9-5-3-4-6-10(9)12)13-17-14(16)19-15(18-13)21-2/h3-8H,1-2H3. The zero-order valence-corrected chi connectivity index (χ0v) is 12.3. The van der Waals surface area contributed by atoms with Gasteiger partial charge in [0, 0.05) is 10.9 Å². The van der Waals surface area contributed by atoms with Gasteiger partial charge in [-0.3, -0.25) is 0 Å². The van der Waals surface area contributed by atoms with Crippen molar-refractivity contribution in [1.82, 2.24) is 15.0 Å². The number of hydrogen-bond acceptors (Lipinski definition) is 5. The van der Waals surface area contributed by atoms with E-state index in [0.29, 0.717) is 5.82 Å². The van der Waals surface area contributed by atoms with Gasteiger partial charge >= 0.3 is 6.01 Å². The second kappa shape index (κ2) is 5.54. The van der Waals surface area contributed by atoms with Crippen LogP contribution in [-0.2, 0) is 0 Å². The molecule has 21 heavy (non-hydrogen) atoms. The van der Waals surface area contributed by atoms with E-state index in [9.17, 15) is 0 Å². The van der Waals surface area contributed by atoms with Crippen LogP contribution < -0.4 is 9.47 Å². The Hall–Kier alpha value is -2.40. The fourth-order valence-electron chi connectivity index (χ4n) is 2.19. The Morgan fingerprint density at radius 1 is 0.857 bits per heavy atom. The summed E-state index contributed by atoms with van der Waals surface area (Å²) in [6.45, 7) is 0. The first-order valence-electron chi connectivity index (χ1n) is 6.24. The highest BCUT2D eigenvalue weighted by atomic mass is 35.5. The number of fused-ring (bicyclic) bond motifs is 1. The lowest BCUT2D eigenvalue weighted by atomic mass is 10.0. The Bertz CT molecular complexity index is 808. The van der Waals surface area contributed by atoms with E-state index in [4.69, 9.17) is 21.1 Å². The molecule has 1 heterocycles. The maximum atomic E-state index is 5.92. The number of aromatic nitrogens is 3. The molecule has 0 saturated heterocycles. The van der Waals surface area contributed by atoms with Crippen LogP contribution in [0.4, 0.5) is 0 Å². The third-order valence-electron chi connectivity index (χ3n) is 3.12. The minimum Gasteiger partial charge on any atom is -0.496 e. The third-order valence-corrected chi connectivity index (χ3v) is 3.28. The van der Waals surface area contributed by atoms with Crippen molar-refractivity contribution in [2.45, 2.75) is 0 Å². The lowest BCUT2D eigenvalue weighted by Gasteiger charge is -2.10. The van der Waals surface area contributed by atoms with Gasteiger partial charge in [-0.2, -0.15) is 15.0 Å². The summed E-state index contributed by atoms with van der Waals surface area (Å²) in [5, 5.41) is 2.05. The summed E-state index contributed by atoms with van der Waals surface area (Å²) in [5.41, 5.74) is 0.842. The highest BCUT2D eigenvalue weighted by Gasteiger charge is 2.12. The van der Waals surface area contributed by atoms with Gasteiger partial charge in [0.2, 0.25) is 5.28 Å². The molecule has 6 heteroatoms. The van der Waals surface area contributed by atoms with Crippen LogP contribution in [0.5, 0.6) is 11.8 Å². The molecule has 0 aliphatic heterocycles. The van der Waals surface area contributed by atoms with Gasteiger partial charge < -0.3 is 9.47 Å². The summed E-state index contributed by atoms with van der Waals surface area (Å²) in [6.07, 6.45) is 0. The third kappa shape index (κ3) is 2.48. The number of rotatable bonds is 3. The molecule has 0 bridgehead atoms. The molecular formula is C15H12ClN3O2. The van der Waals surface area contributed by atoms with Crippen molar-refractivity contribution >= 4 is 22.4 Å². The normalized spacial score (nSPS) is 10.6. The molecule has 0 unspecified atom stereocenters. The minimum absolute atomic E-state index is 0.0942. The summed E-state index contributed by atoms with van der Waals surface area (Å²) in [6, 6.07) is 11.8. The number of nitrogens with zero attached hydrogens (tertiary/aromatic N) is 3. The molecule has 0 aliphatic carbocycles. The van der Waals surface area contributed by atoms with Crippen molar-refractivity contribution in [3.05, 3.63) is 41.7 Å². The van der Waals surface area contributed by atoms with Gasteiger partial charge in [0.1, 0.15) is 5.75 Å². The zero-order valence-electron chi connectivity index (χ0n) is 11.5. The van der Waals surface area contributed by atoms with Crippen molar-refractivity contribution in [2.24, 2.45) is 0 Å². The maximum Gasteiger partial charge on any atom is 0.321 e. The van der Waals surface area contributed by atoms with Crippen LogP contribution in [0.2, 0.25) is 5.28 Å². The van der Waals surface area contributed by atoms with Gasteiger partial charge in [0.15, 0.2) is 5.82 Å². The van der Waals surface area contributed by atoms with Crippen LogP contribution in [-0.4, -0.2) is 29.2 Å². The summed E-state index contributed by atoms with van der Waals surface area (Å²) < 4.78 is 10.4. The Kier molecular flexibility index (Phi) is 3.58. The molecule has 0 atom stereocenters. The average Bonchev–Trinajstić information content (AvgIpc) is 2.53. The molecule has 0 aliphatic rings. The molecule has 0 radical (unpaired) electrons. The Balaban J connectivity index is 2.28. The number of benzene rings is 2. The number of halogens is 1. The molecule has 1 aromatic heterocycles. The molecule has 0 spiro atoms. The van der Waals surface area contributed by atoms with Crippen molar-refractivity contribution in [2.75, 3.05) is 14.2 Å². The highest BCUT2D eigenvalue weighted by Crippen LogP contribution is 2.33. The molecule has 2 aromatic carbocycles. The first-order chi connectivity index (χ1) is 10.2. The van der Waals surface area contributed by atoms with Gasteiger partial charge in [-0.1, -0.05) is 24.3 Å². The Morgan fingerprint density at radius 3 is 2.33 bits per heavy atom. The monoisotopic (exact) mass is 301 g/mol. The minimum atomic E-state index is 0.0942. The molecule has 0 fully saturated rings. The van der Waals surface area contributed by atoms with Crippen LogP contribution >= 0.6 is 11.6 Å². The van der Waals surface area contributed by atoms with E-state index in [1.165, 1.54) is 7.11 Å². The number of methoxy groups -OCH3 is 2. The predicted octanol–water partition coefficient (Wildman–Crippen LogP) is 3.36. The van der Waals surface area contributed by atoms with Gasteiger partial charge in [-0.15, -0.1) is 0 Å². The number of ether oxygens (including phenoxy) is 2. The fourth-order valence-corrected chi connectivity index (χ4v) is 2.34. The molecule has 3 rings (SSSR count). The maximum absolute atomic E-state index is 5.92. The summed E-state index contributed by atoms with van der Waals surface area (Å²) >= 11 is 5.92. The summed E-state index contributed by atoms with van der Waals surface area (Å²) in [4.78, 5) is 12.3.